The maximum atomic E-state index is 5.82. The third-order valence-corrected chi connectivity index (χ3v) is 4.27. The first-order chi connectivity index (χ1) is 11.8. The fraction of sp³-hybridized carbons (Fsp3) is 0.474. The van der Waals surface area contributed by atoms with Crippen LogP contribution in [0.3, 0.4) is 0 Å². The molecule has 0 aliphatic carbocycles. The number of rotatable bonds is 9. The van der Waals surface area contributed by atoms with Crippen LogP contribution in [0.4, 0.5) is 0 Å². The Balaban J connectivity index is 2.43. The van der Waals surface area contributed by atoms with E-state index in [1.165, 1.54) is 11.4 Å². The van der Waals surface area contributed by atoms with Crippen LogP contribution >= 0.6 is 0 Å². The molecule has 1 aromatic heterocycles. The summed E-state index contributed by atoms with van der Waals surface area (Å²) >= 11 is 0. The van der Waals surface area contributed by atoms with Gasteiger partial charge in [-0.05, 0) is 13.5 Å². The van der Waals surface area contributed by atoms with Crippen LogP contribution in [-0.4, -0.2) is 34.9 Å². The molecule has 0 spiro atoms. The van der Waals surface area contributed by atoms with E-state index in [0.717, 1.165) is 23.8 Å². The first-order valence-electron chi connectivity index (χ1n) is 8.42. The van der Waals surface area contributed by atoms with E-state index in [-0.39, 0.29) is 0 Å². The lowest BCUT2D eigenvalue weighted by Gasteiger charge is -2.07. The van der Waals surface area contributed by atoms with Crippen molar-refractivity contribution in [1.82, 2.24) is 4.57 Å². The Morgan fingerprint density at radius 2 is 1.92 bits per heavy atom. The second-order valence-corrected chi connectivity index (χ2v) is 5.87. The molecule has 0 bridgehead atoms. The number of hydrogen-bond acceptors (Lipinski definition) is 3. The van der Waals surface area contributed by atoms with Crippen LogP contribution in [0.5, 0.6) is 0 Å². The molecule has 0 saturated carbocycles. The maximum absolute atomic E-state index is 5.82. The first-order valence-corrected chi connectivity index (χ1v) is 8.42. The summed E-state index contributed by atoms with van der Waals surface area (Å²) in [6, 6.07) is 0. The second kappa shape index (κ2) is 9.84. The Morgan fingerprint density at radius 1 is 1.24 bits per heavy atom. The predicted octanol–water partition coefficient (Wildman–Crippen LogP) is 2.31. The van der Waals surface area contributed by atoms with E-state index in [1.807, 2.05) is 36.2 Å². The Hall–Kier alpha value is -2.34. The van der Waals surface area contributed by atoms with Crippen molar-refractivity contribution in [3.63, 3.8) is 0 Å². The minimum absolute atomic E-state index is 0.476. The highest BCUT2D eigenvalue weighted by molar-refractivity contribution is 5.68. The van der Waals surface area contributed by atoms with Crippen molar-refractivity contribution in [1.29, 1.82) is 0 Å². The number of nitrogens with zero attached hydrogens (tertiary/aromatic N) is 3. The molecule has 6 nitrogen and oxygen atoms in total. The van der Waals surface area contributed by atoms with Gasteiger partial charge in [0, 0.05) is 20.8 Å². The van der Waals surface area contributed by atoms with Crippen molar-refractivity contribution >= 4 is 12.1 Å². The molecule has 0 saturated heterocycles. The fourth-order valence-electron chi connectivity index (χ4n) is 2.40. The highest BCUT2D eigenvalue weighted by Crippen LogP contribution is 2.03. The molecule has 0 atom stereocenters. The summed E-state index contributed by atoms with van der Waals surface area (Å²) in [5.41, 5.74) is 9.86. The van der Waals surface area contributed by atoms with Gasteiger partial charge in [0.05, 0.1) is 32.0 Å². The molecule has 1 aromatic rings. The molecule has 138 valence electrons. The molecule has 0 aromatic carbocycles. The number of aromatic nitrogens is 2. The van der Waals surface area contributed by atoms with Gasteiger partial charge < -0.3 is 15.2 Å². The quantitative estimate of drug-likeness (QED) is 0.322. The Labute approximate surface area is 151 Å². The average Bonchev–Trinajstić information content (AvgIpc) is 2.86. The zero-order valence-electron chi connectivity index (χ0n) is 16.2. The smallest absolute Gasteiger partial charge is 0.344 e. The third-order valence-electron chi connectivity index (χ3n) is 4.27. The summed E-state index contributed by atoms with van der Waals surface area (Å²) in [5.74, 6) is 0.727. The summed E-state index contributed by atoms with van der Waals surface area (Å²) in [6.07, 6.45) is 5.52. The molecule has 1 rings (SSSR count). The Bertz CT molecular complexity index is 680. The van der Waals surface area contributed by atoms with Gasteiger partial charge >= 0.3 is 5.90 Å². The number of allylic oxidation sites excluding steroid dienone is 2. The van der Waals surface area contributed by atoms with E-state index in [1.54, 1.807) is 12.4 Å². The molecule has 25 heavy (non-hydrogen) atoms. The van der Waals surface area contributed by atoms with Gasteiger partial charge in [0.1, 0.15) is 24.5 Å². The van der Waals surface area contributed by atoms with Crippen molar-refractivity contribution in [2.24, 2.45) is 5.73 Å². The second-order valence-electron chi connectivity index (χ2n) is 5.87. The normalized spacial score (nSPS) is 13.2. The zero-order valence-corrected chi connectivity index (χ0v) is 16.2. The Kier molecular flexibility index (Phi) is 8.15. The van der Waals surface area contributed by atoms with Crippen molar-refractivity contribution in [2.45, 2.75) is 41.2 Å². The van der Waals surface area contributed by atoms with Crippen LogP contribution in [0, 0.1) is 13.8 Å². The van der Waals surface area contributed by atoms with Crippen LogP contribution in [-0.2, 0) is 16.0 Å². The molecule has 2 N–H and O–H groups in total. The van der Waals surface area contributed by atoms with Gasteiger partial charge in [-0.1, -0.05) is 6.58 Å². The van der Waals surface area contributed by atoms with Gasteiger partial charge in [-0.2, -0.15) is 0 Å². The maximum Gasteiger partial charge on any atom is 0.344 e. The van der Waals surface area contributed by atoms with E-state index in [2.05, 4.69) is 31.6 Å². The predicted molar refractivity (Wildman–Crippen MR) is 101 cm³/mol. The number of hydrogen-bond donors (Lipinski definition) is 1. The summed E-state index contributed by atoms with van der Waals surface area (Å²) in [6.45, 7) is 19.8. The molecular formula is C19H32N4O2+2. The topological polar surface area (TPSA) is 56.3 Å². The minimum Gasteiger partial charge on any atom is -0.445 e. The third kappa shape index (κ3) is 5.60. The van der Waals surface area contributed by atoms with Gasteiger partial charge in [-0.15, -0.1) is 4.58 Å². The molecule has 0 aliphatic heterocycles. The van der Waals surface area contributed by atoms with E-state index in [0.29, 0.717) is 19.8 Å². The number of imidazole rings is 1. The van der Waals surface area contributed by atoms with Crippen molar-refractivity contribution in [3.05, 3.63) is 48.5 Å². The first kappa shape index (κ1) is 20.7. The minimum atomic E-state index is 0.476. The SMILES string of the molecule is C=Cn1c[n+](CCOCCOC(C)=[N+](C=C)/C(C)=C(/C)N)c(C)c1C. The summed E-state index contributed by atoms with van der Waals surface area (Å²) in [4.78, 5) is 0. The van der Waals surface area contributed by atoms with Gasteiger partial charge in [-0.3, -0.25) is 0 Å². The lowest BCUT2D eigenvalue weighted by Crippen LogP contribution is -2.37. The molecule has 0 amide bonds. The van der Waals surface area contributed by atoms with E-state index >= 15 is 0 Å². The van der Waals surface area contributed by atoms with Gasteiger partial charge in [0.2, 0.25) is 12.0 Å². The monoisotopic (exact) mass is 348 g/mol. The van der Waals surface area contributed by atoms with Gasteiger partial charge in [-0.25, -0.2) is 9.13 Å². The van der Waals surface area contributed by atoms with E-state index < -0.39 is 0 Å². The zero-order chi connectivity index (χ0) is 19.0. The summed E-state index contributed by atoms with van der Waals surface area (Å²) in [5, 5.41) is 0. The fourth-order valence-corrected chi connectivity index (χ4v) is 2.40. The summed E-state index contributed by atoms with van der Waals surface area (Å²) in [7, 11) is 0. The van der Waals surface area contributed by atoms with Gasteiger partial charge in [0.25, 0.3) is 0 Å². The van der Waals surface area contributed by atoms with Crippen LogP contribution in [0.15, 0.2) is 37.1 Å². The highest BCUT2D eigenvalue weighted by atomic mass is 16.5. The number of ether oxygens (including phenoxy) is 2. The largest absolute Gasteiger partial charge is 0.445 e. The molecule has 0 fully saturated rings. The molecule has 0 radical (unpaired) electrons. The molecule has 1 heterocycles. The number of nitrogens with two attached hydrogens (primary N) is 1. The van der Waals surface area contributed by atoms with Crippen LogP contribution < -0.4 is 10.3 Å². The van der Waals surface area contributed by atoms with Crippen molar-refractivity contribution in [3.8, 4) is 0 Å². The molecule has 6 heteroatoms. The highest BCUT2D eigenvalue weighted by Gasteiger charge is 2.14. The standard InChI is InChI=1S/C19H32N4O2/c1-8-21-14-22(18(6)17(21)5)10-11-24-12-13-25-19(7)23(9-2)16(4)15(3)20/h8-9,14H,1-2,10-13,20H2,3-7H3/q+2/b16-15-,23-19?. The lowest BCUT2D eigenvalue weighted by molar-refractivity contribution is -0.703. The molecular weight excluding hydrogens is 316 g/mol. The van der Waals surface area contributed by atoms with Crippen molar-refractivity contribution < 1.29 is 18.6 Å². The Morgan fingerprint density at radius 3 is 2.44 bits per heavy atom. The van der Waals surface area contributed by atoms with E-state index in [4.69, 9.17) is 15.2 Å². The van der Waals surface area contributed by atoms with Crippen molar-refractivity contribution in [2.75, 3.05) is 19.8 Å². The summed E-state index contributed by atoms with van der Waals surface area (Å²) < 4.78 is 17.4. The average molecular weight is 348 g/mol. The van der Waals surface area contributed by atoms with Gasteiger partial charge in [0.15, 0.2) is 6.20 Å². The van der Waals surface area contributed by atoms with Crippen LogP contribution in [0.2, 0.25) is 0 Å². The lowest BCUT2D eigenvalue weighted by atomic mass is 10.3. The molecule has 0 aliphatic rings. The van der Waals surface area contributed by atoms with Crippen LogP contribution in [0.1, 0.15) is 32.2 Å². The van der Waals surface area contributed by atoms with E-state index in [9.17, 15) is 0 Å². The molecule has 0 unspecified atom stereocenters. The van der Waals surface area contributed by atoms with Crippen LogP contribution in [0.25, 0.3) is 6.20 Å².